The number of aliphatic hydroxyl groups is 2. The Morgan fingerprint density at radius 2 is 1.73 bits per heavy atom. The minimum absolute atomic E-state index is 0.0273. The number of ether oxygens (including phenoxy) is 1. The van der Waals surface area contributed by atoms with E-state index in [2.05, 4.69) is 10.4 Å². The van der Waals surface area contributed by atoms with Crippen molar-refractivity contribution in [1.82, 2.24) is 19.7 Å². The van der Waals surface area contributed by atoms with Crippen LogP contribution < -0.4 is 15.6 Å². The summed E-state index contributed by atoms with van der Waals surface area (Å²) in [6.45, 7) is 1.55. The topological polar surface area (TPSA) is 119 Å². The monoisotopic (exact) mass is 626 g/mol. The molecule has 1 aliphatic rings. The molecular formula is C28H21F7N4O5. The van der Waals surface area contributed by atoms with E-state index in [1.807, 2.05) is 0 Å². The van der Waals surface area contributed by atoms with E-state index in [1.165, 1.54) is 12.1 Å². The molecule has 4 bridgehead atoms. The molecule has 0 radical (unpaired) electrons. The van der Waals surface area contributed by atoms with Crippen LogP contribution in [-0.2, 0) is 17.1 Å². The predicted octanol–water partition coefficient (Wildman–Crippen LogP) is 4.77. The summed E-state index contributed by atoms with van der Waals surface area (Å²) < 4.78 is 105. The number of halogens is 7. The molecule has 3 heterocycles. The summed E-state index contributed by atoms with van der Waals surface area (Å²) in [5, 5.41) is 25.3. The number of alkyl halides is 6. The lowest BCUT2D eigenvalue weighted by atomic mass is 10.00. The summed E-state index contributed by atoms with van der Waals surface area (Å²) in [5.41, 5.74) is -5.15. The van der Waals surface area contributed by atoms with Gasteiger partial charge in [0.2, 0.25) is 5.91 Å². The summed E-state index contributed by atoms with van der Waals surface area (Å²) in [4.78, 5) is 26.7. The van der Waals surface area contributed by atoms with Gasteiger partial charge < -0.3 is 20.3 Å². The average molecular weight is 626 g/mol. The minimum Gasteiger partial charge on any atom is -0.455 e. The zero-order valence-electron chi connectivity index (χ0n) is 22.3. The molecule has 0 unspecified atom stereocenters. The Morgan fingerprint density at radius 1 is 1.00 bits per heavy atom. The summed E-state index contributed by atoms with van der Waals surface area (Å²) in [6, 6.07) is 4.18. The number of fused-ring (bicyclic) bond motifs is 6. The van der Waals surface area contributed by atoms with Gasteiger partial charge in [0, 0.05) is 36.0 Å². The molecule has 0 saturated heterocycles. The van der Waals surface area contributed by atoms with Gasteiger partial charge in [-0.2, -0.15) is 31.4 Å². The second-order valence-electron chi connectivity index (χ2n) is 9.92. The largest absolute Gasteiger partial charge is 0.455 e. The number of aromatic nitrogens is 3. The van der Waals surface area contributed by atoms with Crippen molar-refractivity contribution in [3.05, 3.63) is 105 Å². The number of hydrogen-bond acceptors (Lipinski definition) is 6. The Bertz CT molecular complexity index is 1800. The van der Waals surface area contributed by atoms with Gasteiger partial charge >= 0.3 is 12.4 Å². The van der Waals surface area contributed by atoms with Crippen LogP contribution in [0.3, 0.4) is 0 Å². The highest BCUT2D eigenvalue weighted by Gasteiger charge is 2.41. The van der Waals surface area contributed by atoms with Crippen molar-refractivity contribution in [3.8, 4) is 17.2 Å². The third-order valence-corrected chi connectivity index (χ3v) is 6.87. The van der Waals surface area contributed by atoms with E-state index in [9.17, 15) is 46.1 Å². The van der Waals surface area contributed by atoms with Gasteiger partial charge in [0.05, 0.1) is 11.6 Å². The van der Waals surface area contributed by atoms with Gasteiger partial charge in [0.25, 0.3) is 5.56 Å². The number of nitrogens with zero attached hydrogens (tertiary/aromatic N) is 3. The van der Waals surface area contributed by atoms with E-state index in [-0.39, 0.29) is 23.3 Å². The van der Waals surface area contributed by atoms with E-state index in [4.69, 9.17) is 4.74 Å². The van der Waals surface area contributed by atoms with E-state index in [0.717, 1.165) is 29.1 Å². The highest BCUT2D eigenvalue weighted by atomic mass is 19.4. The van der Waals surface area contributed by atoms with Crippen LogP contribution in [0.4, 0.5) is 30.7 Å². The lowest BCUT2D eigenvalue weighted by Crippen LogP contribution is -2.41. The number of aliphatic hydroxyl groups excluding tert-OH is 1. The first-order chi connectivity index (χ1) is 20.5. The number of nitrogens with one attached hydrogen (secondary N) is 1. The summed E-state index contributed by atoms with van der Waals surface area (Å²) in [7, 11) is 0. The normalized spacial score (nSPS) is 17.2. The van der Waals surface area contributed by atoms with E-state index < -0.39 is 76.8 Å². The molecule has 0 saturated carbocycles. The minimum atomic E-state index is -5.12. The van der Waals surface area contributed by atoms with Crippen LogP contribution in [0.25, 0.3) is 5.69 Å². The van der Waals surface area contributed by atoms with Crippen molar-refractivity contribution in [3.63, 3.8) is 0 Å². The first kappa shape index (κ1) is 30.7. The maximum atomic E-state index is 15.4. The second-order valence-corrected chi connectivity index (χ2v) is 9.92. The van der Waals surface area contributed by atoms with Gasteiger partial charge in [-0.1, -0.05) is 12.1 Å². The third kappa shape index (κ3) is 5.90. The number of amides is 1. The first-order valence-electron chi connectivity index (χ1n) is 12.7. The Hall–Kier alpha value is -4.70. The summed E-state index contributed by atoms with van der Waals surface area (Å²) in [5.74, 6) is -2.66. The number of carbonyl (C=O) groups excluding carboxylic acids is 1. The predicted molar refractivity (Wildman–Crippen MR) is 137 cm³/mol. The summed E-state index contributed by atoms with van der Waals surface area (Å²) in [6.07, 6.45) is -11.8. The zero-order chi connectivity index (χ0) is 32.1. The maximum Gasteiger partial charge on any atom is 0.435 e. The molecule has 5 rings (SSSR count). The standard InChI is InChI=1S/C28H21F7N4O5/c1-13-3-2-4-20-23(13)39-12-17(25(37-39)28(33,34)35)19(11-22(41)42)36-26(43)24(16-10-15(44-20)5-6-18(16)29)38-8-7-14(9-21(38)40)27(30,31)32/h2-10,12,19,22,24,41-42H,11H2,1H3,(H,36,43)/t19-,24+/m0/s1. The molecule has 3 N–H and O–H groups in total. The lowest BCUT2D eigenvalue weighted by molar-refractivity contribution is -0.143. The number of carbonyl (C=O) groups is 1. The van der Waals surface area contributed by atoms with Crippen LogP contribution in [0.15, 0.2) is 65.7 Å². The second kappa shape index (κ2) is 11.1. The number of pyridine rings is 1. The SMILES string of the molecule is Cc1cccc2c1-n1cc(c(C(F)(F)F)n1)[C@H](CC(O)O)NC(=O)[C@H](n1ccc(C(F)(F)F)cc1=O)c1cc(ccc1F)O2. The van der Waals surface area contributed by atoms with E-state index in [0.29, 0.717) is 22.4 Å². The van der Waals surface area contributed by atoms with Crippen LogP contribution in [-0.4, -0.2) is 36.8 Å². The van der Waals surface area contributed by atoms with Crippen molar-refractivity contribution < 1.29 is 50.5 Å². The number of rotatable bonds is 3. The van der Waals surface area contributed by atoms with Gasteiger partial charge in [-0.15, -0.1) is 0 Å². The fourth-order valence-corrected chi connectivity index (χ4v) is 4.93. The average Bonchev–Trinajstić information content (AvgIpc) is 3.36. The molecule has 0 spiro atoms. The molecular weight excluding hydrogens is 605 g/mol. The highest BCUT2D eigenvalue weighted by Crippen LogP contribution is 2.39. The van der Waals surface area contributed by atoms with Gasteiger partial charge in [-0.25, -0.2) is 9.07 Å². The Labute approximate surface area is 242 Å². The van der Waals surface area contributed by atoms with E-state index in [1.54, 1.807) is 13.0 Å². The maximum absolute atomic E-state index is 15.4. The Balaban J connectivity index is 1.81. The molecule has 2 atom stereocenters. The number of para-hydroxylation sites is 1. The first-order valence-corrected chi connectivity index (χ1v) is 12.7. The molecule has 2 aromatic carbocycles. The van der Waals surface area contributed by atoms with Gasteiger partial charge in [0.1, 0.15) is 23.3 Å². The molecule has 1 amide bonds. The van der Waals surface area contributed by atoms with Crippen molar-refractivity contribution in [2.75, 3.05) is 0 Å². The van der Waals surface area contributed by atoms with Crippen molar-refractivity contribution in [2.24, 2.45) is 0 Å². The molecule has 16 heteroatoms. The fraction of sp³-hybridized carbons (Fsp3) is 0.250. The van der Waals surface area contributed by atoms with Gasteiger partial charge in [-0.3, -0.25) is 14.2 Å². The van der Waals surface area contributed by atoms with Crippen molar-refractivity contribution in [1.29, 1.82) is 0 Å². The van der Waals surface area contributed by atoms with Gasteiger partial charge in [0.15, 0.2) is 17.7 Å². The third-order valence-electron chi connectivity index (χ3n) is 6.87. The molecule has 44 heavy (non-hydrogen) atoms. The molecule has 0 aliphatic carbocycles. The number of benzene rings is 2. The molecule has 232 valence electrons. The zero-order valence-corrected chi connectivity index (χ0v) is 22.3. The quantitative estimate of drug-likeness (QED) is 0.223. The van der Waals surface area contributed by atoms with Crippen LogP contribution in [0.5, 0.6) is 11.5 Å². The highest BCUT2D eigenvalue weighted by molar-refractivity contribution is 5.84. The van der Waals surface area contributed by atoms with Crippen LogP contribution in [0.1, 0.15) is 46.5 Å². The molecule has 0 fully saturated rings. The molecule has 1 aliphatic heterocycles. The van der Waals surface area contributed by atoms with Crippen molar-refractivity contribution in [2.45, 2.75) is 44.1 Å². The number of aryl methyl sites for hydroxylation is 1. The van der Waals surface area contributed by atoms with Crippen molar-refractivity contribution >= 4 is 5.91 Å². The van der Waals surface area contributed by atoms with E-state index >= 15 is 4.39 Å². The van der Waals surface area contributed by atoms with Crippen LogP contribution in [0, 0.1) is 12.7 Å². The molecule has 9 nitrogen and oxygen atoms in total. The molecule has 4 aromatic rings. The van der Waals surface area contributed by atoms with Crippen LogP contribution in [0.2, 0.25) is 0 Å². The smallest absolute Gasteiger partial charge is 0.435 e. The molecule has 2 aromatic heterocycles. The fourth-order valence-electron chi connectivity index (χ4n) is 4.93. The Morgan fingerprint density at radius 3 is 2.36 bits per heavy atom. The van der Waals surface area contributed by atoms with Crippen LogP contribution >= 0.6 is 0 Å². The lowest BCUT2D eigenvalue weighted by Gasteiger charge is -2.26. The van der Waals surface area contributed by atoms with Gasteiger partial charge in [-0.05, 0) is 42.8 Å². The Kier molecular flexibility index (Phi) is 7.75. The summed E-state index contributed by atoms with van der Waals surface area (Å²) >= 11 is 0. The number of hydrogen-bond donors (Lipinski definition) is 3.